The molecule has 1 heterocycles. The number of carbonyl (C=O) groups excluding carboxylic acids is 3. The number of amides is 4. The summed E-state index contributed by atoms with van der Waals surface area (Å²) in [6.07, 6.45) is 0. The van der Waals surface area contributed by atoms with Crippen LogP contribution in [0.4, 0.5) is 4.79 Å². The smallest absolute Gasteiger partial charge is 0.315 e. The summed E-state index contributed by atoms with van der Waals surface area (Å²) >= 11 is 0. The second-order valence-corrected chi connectivity index (χ2v) is 4.87. The van der Waals surface area contributed by atoms with Crippen molar-refractivity contribution in [1.82, 2.24) is 20.4 Å². The van der Waals surface area contributed by atoms with Gasteiger partial charge in [0, 0.05) is 39.1 Å². The first-order valence-corrected chi connectivity index (χ1v) is 6.47. The third kappa shape index (κ3) is 5.15. The van der Waals surface area contributed by atoms with Crippen LogP contribution in [0, 0.1) is 0 Å². The SMILES string of the molecule is CC(=O)N1CCN(C(=O)CNC(=O)NC(C)C)CC1. The molecule has 108 valence electrons. The standard InChI is InChI=1S/C12H22N4O3/c1-9(2)14-12(19)13-8-11(18)16-6-4-15(5-7-16)10(3)17/h9H,4-8H2,1-3H3,(H2,13,14,19). The average molecular weight is 270 g/mol. The van der Waals surface area contributed by atoms with Crippen LogP contribution in [0.2, 0.25) is 0 Å². The highest BCUT2D eigenvalue weighted by molar-refractivity contribution is 5.84. The van der Waals surface area contributed by atoms with Crippen LogP contribution in [-0.2, 0) is 9.59 Å². The number of nitrogens with zero attached hydrogens (tertiary/aromatic N) is 2. The van der Waals surface area contributed by atoms with E-state index in [1.807, 2.05) is 13.8 Å². The monoisotopic (exact) mass is 270 g/mol. The van der Waals surface area contributed by atoms with Crippen molar-refractivity contribution in [3.63, 3.8) is 0 Å². The summed E-state index contributed by atoms with van der Waals surface area (Å²) in [5, 5.41) is 5.17. The first kappa shape index (κ1) is 15.3. The summed E-state index contributed by atoms with van der Waals surface area (Å²) in [5.41, 5.74) is 0. The van der Waals surface area contributed by atoms with E-state index in [0.29, 0.717) is 26.2 Å². The van der Waals surface area contributed by atoms with Crippen LogP contribution in [0.25, 0.3) is 0 Å². The minimum atomic E-state index is -0.342. The van der Waals surface area contributed by atoms with Gasteiger partial charge in [-0.15, -0.1) is 0 Å². The lowest BCUT2D eigenvalue weighted by molar-refractivity contribution is -0.137. The van der Waals surface area contributed by atoms with Gasteiger partial charge in [-0.25, -0.2) is 4.79 Å². The van der Waals surface area contributed by atoms with Gasteiger partial charge in [0.1, 0.15) is 0 Å². The third-order valence-corrected chi connectivity index (χ3v) is 2.90. The molecule has 0 unspecified atom stereocenters. The first-order chi connectivity index (χ1) is 8.90. The molecule has 7 heteroatoms. The van der Waals surface area contributed by atoms with Gasteiger partial charge in [0.15, 0.2) is 0 Å². The maximum absolute atomic E-state index is 11.8. The Morgan fingerprint density at radius 2 is 1.58 bits per heavy atom. The maximum Gasteiger partial charge on any atom is 0.315 e. The van der Waals surface area contributed by atoms with Gasteiger partial charge in [-0.05, 0) is 13.8 Å². The van der Waals surface area contributed by atoms with Crippen molar-refractivity contribution in [2.45, 2.75) is 26.8 Å². The first-order valence-electron chi connectivity index (χ1n) is 6.47. The normalized spacial score (nSPS) is 15.4. The lowest BCUT2D eigenvalue weighted by atomic mass is 10.3. The summed E-state index contributed by atoms with van der Waals surface area (Å²) in [4.78, 5) is 37.7. The molecule has 0 atom stereocenters. The molecule has 0 aromatic heterocycles. The van der Waals surface area contributed by atoms with E-state index in [0.717, 1.165) is 0 Å². The second-order valence-electron chi connectivity index (χ2n) is 4.87. The minimum absolute atomic E-state index is 0.0153. The lowest BCUT2D eigenvalue weighted by Gasteiger charge is -2.34. The molecular weight excluding hydrogens is 248 g/mol. The van der Waals surface area contributed by atoms with Crippen LogP contribution in [0.1, 0.15) is 20.8 Å². The fourth-order valence-corrected chi connectivity index (χ4v) is 1.85. The molecule has 1 saturated heterocycles. The average Bonchev–Trinajstić information content (AvgIpc) is 2.35. The van der Waals surface area contributed by atoms with Gasteiger partial charge < -0.3 is 20.4 Å². The highest BCUT2D eigenvalue weighted by atomic mass is 16.2. The number of nitrogens with one attached hydrogen (secondary N) is 2. The summed E-state index contributed by atoms with van der Waals surface area (Å²) in [6.45, 7) is 7.36. The van der Waals surface area contributed by atoms with Gasteiger partial charge in [0.05, 0.1) is 6.54 Å². The Labute approximate surface area is 113 Å². The van der Waals surface area contributed by atoms with Gasteiger partial charge in [-0.2, -0.15) is 0 Å². The van der Waals surface area contributed by atoms with Crippen LogP contribution in [0.3, 0.4) is 0 Å². The molecule has 0 aromatic carbocycles. The Morgan fingerprint density at radius 3 is 2.05 bits per heavy atom. The fourth-order valence-electron chi connectivity index (χ4n) is 1.85. The van der Waals surface area contributed by atoms with Gasteiger partial charge in [-0.3, -0.25) is 9.59 Å². The number of urea groups is 1. The number of carbonyl (C=O) groups is 3. The summed E-state index contributed by atoms with van der Waals surface area (Å²) in [6, 6.07) is -0.306. The van der Waals surface area contributed by atoms with Gasteiger partial charge in [-0.1, -0.05) is 0 Å². The van der Waals surface area contributed by atoms with Crippen molar-refractivity contribution in [3.05, 3.63) is 0 Å². The lowest BCUT2D eigenvalue weighted by Crippen LogP contribution is -2.53. The zero-order chi connectivity index (χ0) is 14.4. The van der Waals surface area contributed by atoms with E-state index in [1.54, 1.807) is 9.80 Å². The Kier molecular flexibility index (Phi) is 5.59. The molecule has 1 aliphatic rings. The van der Waals surface area contributed by atoms with E-state index in [4.69, 9.17) is 0 Å². The molecule has 19 heavy (non-hydrogen) atoms. The number of rotatable bonds is 3. The van der Waals surface area contributed by atoms with Crippen LogP contribution >= 0.6 is 0 Å². The predicted molar refractivity (Wildman–Crippen MR) is 70.5 cm³/mol. The van der Waals surface area contributed by atoms with Gasteiger partial charge >= 0.3 is 6.03 Å². The topological polar surface area (TPSA) is 81.8 Å². The predicted octanol–water partition coefficient (Wildman–Crippen LogP) is -0.615. The summed E-state index contributed by atoms with van der Waals surface area (Å²) in [7, 11) is 0. The molecule has 1 aliphatic heterocycles. The van der Waals surface area contributed by atoms with Crippen LogP contribution in [0.15, 0.2) is 0 Å². The number of piperazine rings is 1. The number of hydrogen-bond acceptors (Lipinski definition) is 3. The molecule has 0 aromatic rings. The Bertz CT molecular complexity index is 349. The molecule has 4 amide bonds. The zero-order valence-electron chi connectivity index (χ0n) is 11.7. The zero-order valence-corrected chi connectivity index (χ0v) is 11.7. The molecule has 0 radical (unpaired) electrons. The molecule has 1 rings (SSSR count). The van der Waals surface area contributed by atoms with Gasteiger partial charge in [0.2, 0.25) is 11.8 Å². The molecule has 1 fully saturated rings. The molecule has 0 spiro atoms. The van der Waals surface area contributed by atoms with Crippen molar-refractivity contribution in [2.75, 3.05) is 32.7 Å². The Balaban J connectivity index is 2.28. The quantitative estimate of drug-likeness (QED) is 0.717. The maximum atomic E-state index is 11.8. The molecule has 0 aliphatic carbocycles. The third-order valence-electron chi connectivity index (χ3n) is 2.90. The van der Waals surface area contributed by atoms with E-state index in [-0.39, 0.29) is 30.4 Å². The van der Waals surface area contributed by atoms with Crippen molar-refractivity contribution < 1.29 is 14.4 Å². The minimum Gasteiger partial charge on any atom is -0.339 e. The highest BCUT2D eigenvalue weighted by Crippen LogP contribution is 2.01. The highest BCUT2D eigenvalue weighted by Gasteiger charge is 2.22. The van der Waals surface area contributed by atoms with E-state index < -0.39 is 0 Å². The molecule has 7 nitrogen and oxygen atoms in total. The van der Waals surface area contributed by atoms with Gasteiger partial charge in [0.25, 0.3) is 0 Å². The van der Waals surface area contributed by atoms with E-state index in [1.165, 1.54) is 6.92 Å². The molecule has 2 N–H and O–H groups in total. The molecule has 0 saturated carbocycles. The fraction of sp³-hybridized carbons (Fsp3) is 0.750. The van der Waals surface area contributed by atoms with Crippen molar-refractivity contribution in [3.8, 4) is 0 Å². The second kappa shape index (κ2) is 6.96. The van der Waals surface area contributed by atoms with E-state index >= 15 is 0 Å². The van der Waals surface area contributed by atoms with Crippen LogP contribution < -0.4 is 10.6 Å². The van der Waals surface area contributed by atoms with Crippen molar-refractivity contribution in [2.24, 2.45) is 0 Å². The van der Waals surface area contributed by atoms with Crippen LogP contribution in [-0.4, -0.2) is 66.4 Å². The van der Waals surface area contributed by atoms with E-state index in [9.17, 15) is 14.4 Å². The van der Waals surface area contributed by atoms with Crippen molar-refractivity contribution in [1.29, 1.82) is 0 Å². The molecular formula is C12H22N4O3. The molecule has 0 bridgehead atoms. The number of hydrogen-bond donors (Lipinski definition) is 2. The summed E-state index contributed by atoms with van der Waals surface area (Å²) < 4.78 is 0. The summed E-state index contributed by atoms with van der Waals surface area (Å²) in [5.74, 6) is -0.0938. The Morgan fingerprint density at radius 1 is 1.05 bits per heavy atom. The Hall–Kier alpha value is -1.79. The largest absolute Gasteiger partial charge is 0.339 e. The van der Waals surface area contributed by atoms with E-state index in [2.05, 4.69) is 10.6 Å². The van der Waals surface area contributed by atoms with Crippen molar-refractivity contribution >= 4 is 17.8 Å². The van der Waals surface area contributed by atoms with Crippen LogP contribution in [0.5, 0.6) is 0 Å².